The van der Waals surface area contributed by atoms with Crippen LogP contribution in [0.3, 0.4) is 0 Å². The fourth-order valence-electron chi connectivity index (χ4n) is 3.43. The van der Waals surface area contributed by atoms with Gasteiger partial charge in [0.25, 0.3) is 0 Å². The van der Waals surface area contributed by atoms with E-state index < -0.39 is 11.9 Å². The summed E-state index contributed by atoms with van der Waals surface area (Å²) in [7, 11) is 0. The minimum absolute atomic E-state index is 0.0753. The number of carbonyl (C=O) groups is 3. The average Bonchev–Trinajstić information content (AvgIpc) is 3.25. The Morgan fingerprint density at radius 1 is 1.20 bits per heavy atom. The SMILES string of the molecule is O=C(O)C1CCN(C(=O)NCCCC(=O)N2CCc3ccccc32)C1. The molecule has 2 N–H and O–H groups in total. The fraction of sp³-hybridized carbons (Fsp3) is 0.500. The highest BCUT2D eigenvalue weighted by Crippen LogP contribution is 2.28. The highest BCUT2D eigenvalue weighted by molar-refractivity contribution is 5.95. The molecule has 1 atom stereocenters. The second kappa shape index (κ2) is 7.55. The number of likely N-dealkylation sites (tertiary alicyclic amines) is 1. The normalized spacial score (nSPS) is 19.0. The zero-order chi connectivity index (χ0) is 17.8. The molecule has 1 aromatic carbocycles. The molecule has 7 heteroatoms. The molecule has 1 saturated heterocycles. The summed E-state index contributed by atoms with van der Waals surface area (Å²) in [4.78, 5) is 38.6. The molecule has 134 valence electrons. The maximum atomic E-state index is 12.4. The lowest BCUT2D eigenvalue weighted by Crippen LogP contribution is -2.39. The minimum atomic E-state index is -0.855. The van der Waals surface area contributed by atoms with Crippen molar-refractivity contribution in [2.75, 3.05) is 31.1 Å². The summed E-state index contributed by atoms with van der Waals surface area (Å²) in [6.45, 7) is 1.85. The van der Waals surface area contributed by atoms with E-state index in [1.54, 1.807) is 0 Å². The first kappa shape index (κ1) is 17.3. The number of rotatable bonds is 5. The highest BCUT2D eigenvalue weighted by atomic mass is 16.4. The number of fused-ring (bicyclic) bond motifs is 1. The third-order valence-corrected chi connectivity index (χ3v) is 4.86. The molecule has 1 aromatic rings. The van der Waals surface area contributed by atoms with Crippen LogP contribution in [0.1, 0.15) is 24.8 Å². The minimum Gasteiger partial charge on any atom is -0.481 e. The molecule has 0 radical (unpaired) electrons. The van der Waals surface area contributed by atoms with E-state index in [1.807, 2.05) is 29.2 Å². The fourth-order valence-corrected chi connectivity index (χ4v) is 3.43. The second-order valence-corrected chi connectivity index (χ2v) is 6.53. The molecule has 2 heterocycles. The topological polar surface area (TPSA) is 90.0 Å². The van der Waals surface area contributed by atoms with Gasteiger partial charge in [-0.15, -0.1) is 0 Å². The van der Waals surface area contributed by atoms with Crippen LogP contribution in [0.25, 0.3) is 0 Å². The van der Waals surface area contributed by atoms with Crippen molar-refractivity contribution in [1.29, 1.82) is 0 Å². The van der Waals surface area contributed by atoms with Gasteiger partial charge in [-0.05, 0) is 30.9 Å². The molecule has 0 saturated carbocycles. The van der Waals surface area contributed by atoms with Gasteiger partial charge in [-0.25, -0.2) is 4.79 Å². The molecule has 2 aliphatic rings. The van der Waals surface area contributed by atoms with Crippen LogP contribution in [0.5, 0.6) is 0 Å². The number of anilines is 1. The molecule has 3 rings (SSSR count). The molecule has 3 amide bonds. The summed E-state index contributed by atoms with van der Waals surface area (Å²) >= 11 is 0. The second-order valence-electron chi connectivity index (χ2n) is 6.53. The molecular weight excluding hydrogens is 322 g/mol. The van der Waals surface area contributed by atoms with Crippen molar-refractivity contribution >= 4 is 23.6 Å². The van der Waals surface area contributed by atoms with Gasteiger partial charge < -0.3 is 20.2 Å². The molecule has 0 aliphatic carbocycles. The number of urea groups is 1. The lowest BCUT2D eigenvalue weighted by atomic mass is 10.1. The van der Waals surface area contributed by atoms with Crippen molar-refractivity contribution in [3.05, 3.63) is 29.8 Å². The number of hydrogen-bond donors (Lipinski definition) is 2. The molecule has 0 aromatic heterocycles. The number of para-hydroxylation sites is 1. The van der Waals surface area contributed by atoms with Crippen LogP contribution in [-0.2, 0) is 16.0 Å². The Hall–Kier alpha value is -2.57. The van der Waals surface area contributed by atoms with E-state index in [2.05, 4.69) is 5.32 Å². The van der Waals surface area contributed by atoms with Crippen LogP contribution < -0.4 is 10.2 Å². The lowest BCUT2D eigenvalue weighted by Gasteiger charge is -2.18. The maximum absolute atomic E-state index is 12.4. The quantitative estimate of drug-likeness (QED) is 0.791. The van der Waals surface area contributed by atoms with Gasteiger partial charge in [0.05, 0.1) is 5.92 Å². The van der Waals surface area contributed by atoms with E-state index in [0.717, 1.165) is 18.7 Å². The smallest absolute Gasteiger partial charge is 0.317 e. The van der Waals surface area contributed by atoms with Gasteiger partial charge >= 0.3 is 12.0 Å². The summed E-state index contributed by atoms with van der Waals surface area (Å²) in [6.07, 6.45) is 2.33. The number of nitrogens with zero attached hydrogens (tertiary/aromatic N) is 2. The Labute approximate surface area is 146 Å². The summed E-state index contributed by atoms with van der Waals surface area (Å²) < 4.78 is 0. The van der Waals surface area contributed by atoms with E-state index in [-0.39, 0.29) is 18.5 Å². The first-order valence-corrected chi connectivity index (χ1v) is 8.70. The zero-order valence-corrected chi connectivity index (χ0v) is 14.1. The molecule has 1 fully saturated rings. The van der Waals surface area contributed by atoms with Crippen molar-refractivity contribution in [3.63, 3.8) is 0 Å². The Morgan fingerprint density at radius 2 is 2.00 bits per heavy atom. The Balaban J connectivity index is 1.38. The van der Waals surface area contributed by atoms with Crippen LogP contribution in [0.15, 0.2) is 24.3 Å². The van der Waals surface area contributed by atoms with Crippen molar-refractivity contribution in [3.8, 4) is 0 Å². The first-order chi connectivity index (χ1) is 12.1. The monoisotopic (exact) mass is 345 g/mol. The molecule has 25 heavy (non-hydrogen) atoms. The highest BCUT2D eigenvalue weighted by Gasteiger charge is 2.30. The van der Waals surface area contributed by atoms with Crippen LogP contribution in [0.4, 0.5) is 10.5 Å². The van der Waals surface area contributed by atoms with E-state index in [1.165, 1.54) is 10.5 Å². The van der Waals surface area contributed by atoms with E-state index in [0.29, 0.717) is 32.4 Å². The predicted octanol–water partition coefficient (Wildman–Crippen LogP) is 1.47. The predicted molar refractivity (Wildman–Crippen MR) is 92.4 cm³/mol. The number of nitrogens with one attached hydrogen (secondary N) is 1. The molecule has 2 aliphatic heterocycles. The van der Waals surface area contributed by atoms with Crippen LogP contribution in [0, 0.1) is 5.92 Å². The summed E-state index contributed by atoms with van der Waals surface area (Å²) in [5, 5.41) is 11.7. The van der Waals surface area contributed by atoms with Crippen LogP contribution in [0.2, 0.25) is 0 Å². The van der Waals surface area contributed by atoms with Gasteiger partial charge in [-0.2, -0.15) is 0 Å². The van der Waals surface area contributed by atoms with E-state index in [4.69, 9.17) is 5.11 Å². The summed E-state index contributed by atoms with van der Waals surface area (Å²) in [5.74, 6) is -1.25. The number of carboxylic acids is 1. The van der Waals surface area contributed by atoms with Crippen molar-refractivity contribution < 1.29 is 19.5 Å². The van der Waals surface area contributed by atoms with Crippen LogP contribution in [-0.4, -0.2) is 54.1 Å². The molecule has 0 spiro atoms. The van der Waals surface area contributed by atoms with Gasteiger partial charge in [0.1, 0.15) is 0 Å². The standard InChI is InChI=1S/C18H23N3O4/c22-16(21-11-8-13-4-1-2-5-15(13)21)6-3-9-19-18(25)20-10-7-14(12-20)17(23)24/h1-2,4-5,14H,3,6-12H2,(H,19,25)(H,23,24). The van der Waals surface area contributed by atoms with E-state index in [9.17, 15) is 14.4 Å². The average molecular weight is 345 g/mol. The zero-order valence-electron chi connectivity index (χ0n) is 14.1. The number of carboxylic acid groups (broad SMARTS) is 1. The van der Waals surface area contributed by atoms with Gasteiger partial charge in [-0.1, -0.05) is 18.2 Å². The van der Waals surface area contributed by atoms with Gasteiger partial charge in [-0.3, -0.25) is 9.59 Å². The maximum Gasteiger partial charge on any atom is 0.317 e. The van der Waals surface area contributed by atoms with Crippen molar-refractivity contribution in [2.45, 2.75) is 25.7 Å². The van der Waals surface area contributed by atoms with Gasteiger partial charge in [0.15, 0.2) is 0 Å². The van der Waals surface area contributed by atoms with Crippen LogP contribution >= 0.6 is 0 Å². The molecular formula is C18H23N3O4. The van der Waals surface area contributed by atoms with Gasteiger partial charge in [0.2, 0.25) is 5.91 Å². The number of hydrogen-bond acceptors (Lipinski definition) is 3. The summed E-state index contributed by atoms with van der Waals surface area (Å²) in [5.41, 5.74) is 2.19. The third kappa shape index (κ3) is 3.92. The van der Waals surface area contributed by atoms with E-state index >= 15 is 0 Å². The number of amides is 3. The lowest BCUT2D eigenvalue weighted by molar-refractivity contribution is -0.141. The number of carbonyl (C=O) groups excluding carboxylic acids is 2. The van der Waals surface area contributed by atoms with Crippen molar-refractivity contribution in [1.82, 2.24) is 10.2 Å². The Morgan fingerprint density at radius 3 is 2.76 bits per heavy atom. The molecule has 1 unspecified atom stereocenters. The summed E-state index contributed by atoms with van der Waals surface area (Å²) in [6, 6.07) is 7.68. The number of benzene rings is 1. The van der Waals surface area contributed by atoms with Crippen molar-refractivity contribution in [2.24, 2.45) is 5.92 Å². The number of aliphatic carboxylic acids is 1. The van der Waals surface area contributed by atoms with Gasteiger partial charge in [0, 0.05) is 38.3 Å². The molecule has 0 bridgehead atoms. The largest absolute Gasteiger partial charge is 0.481 e. The first-order valence-electron chi connectivity index (χ1n) is 8.70. The Bertz CT molecular complexity index is 676. The molecule has 7 nitrogen and oxygen atoms in total. The third-order valence-electron chi connectivity index (χ3n) is 4.86. The Kier molecular flexibility index (Phi) is 5.21.